The molecule has 112 valence electrons. The average molecular weight is 276 g/mol. The number of nitrogens with zero attached hydrogens (tertiary/aromatic N) is 3. The molecule has 1 aliphatic carbocycles. The largest absolute Gasteiger partial charge is 0.317 e. The van der Waals surface area contributed by atoms with Gasteiger partial charge >= 0.3 is 0 Å². The van der Waals surface area contributed by atoms with E-state index in [1.165, 1.54) is 63.9 Å². The summed E-state index contributed by atoms with van der Waals surface area (Å²) in [6.45, 7) is 4.57. The van der Waals surface area contributed by atoms with Gasteiger partial charge in [0, 0.05) is 19.3 Å². The van der Waals surface area contributed by atoms with E-state index in [2.05, 4.69) is 34.2 Å². The molecule has 0 atom stereocenters. The van der Waals surface area contributed by atoms with Gasteiger partial charge in [0.15, 0.2) is 0 Å². The molecule has 2 aliphatic rings. The summed E-state index contributed by atoms with van der Waals surface area (Å²) < 4.78 is 2.21. The predicted molar refractivity (Wildman–Crippen MR) is 81.7 cm³/mol. The molecule has 0 spiro atoms. The molecule has 2 heterocycles. The maximum Gasteiger partial charge on any atom is 0.0764 e. The molecule has 1 N–H and O–H groups in total. The molecule has 0 amide bonds. The van der Waals surface area contributed by atoms with E-state index >= 15 is 0 Å². The van der Waals surface area contributed by atoms with Crippen LogP contribution < -0.4 is 5.32 Å². The molecular formula is C16H28N4. The van der Waals surface area contributed by atoms with Gasteiger partial charge in [-0.15, -0.1) is 0 Å². The molecule has 4 nitrogen and oxygen atoms in total. The van der Waals surface area contributed by atoms with Crippen molar-refractivity contribution in [3.63, 3.8) is 0 Å². The normalized spacial score (nSPS) is 21.9. The van der Waals surface area contributed by atoms with Crippen molar-refractivity contribution in [2.24, 2.45) is 5.92 Å². The van der Waals surface area contributed by atoms with Crippen LogP contribution in [0.4, 0.5) is 0 Å². The predicted octanol–water partition coefficient (Wildman–Crippen LogP) is 2.43. The summed E-state index contributed by atoms with van der Waals surface area (Å²) in [5.74, 6) is 0.859. The molecule has 4 heteroatoms. The number of nitrogens with one attached hydrogen (secondary N) is 1. The van der Waals surface area contributed by atoms with Gasteiger partial charge in [0.1, 0.15) is 0 Å². The van der Waals surface area contributed by atoms with E-state index in [0.29, 0.717) is 6.04 Å². The highest BCUT2D eigenvalue weighted by Gasteiger charge is 2.19. The highest BCUT2D eigenvalue weighted by molar-refractivity contribution is 5.00. The van der Waals surface area contributed by atoms with Gasteiger partial charge in [-0.3, -0.25) is 4.68 Å². The standard InChI is InChI=1S/C16H28N4/c1-19(12-14-6-9-17-10-7-14)13-15-8-11-20(18-15)16-4-2-3-5-16/h8,11,14,16-17H,2-7,9-10,12-13H2,1H3. The molecule has 1 aliphatic heterocycles. The SMILES string of the molecule is CN(Cc1ccn(C2CCCC2)n1)CC1CCNCC1. The van der Waals surface area contributed by atoms with Crippen molar-refractivity contribution < 1.29 is 0 Å². The summed E-state index contributed by atoms with van der Waals surface area (Å²) in [7, 11) is 2.23. The van der Waals surface area contributed by atoms with Gasteiger partial charge in [0.05, 0.1) is 11.7 Å². The minimum Gasteiger partial charge on any atom is -0.317 e. The lowest BCUT2D eigenvalue weighted by molar-refractivity contribution is 0.232. The zero-order valence-electron chi connectivity index (χ0n) is 12.7. The van der Waals surface area contributed by atoms with Crippen molar-refractivity contribution in [3.8, 4) is 0 Å². The van der Waals surface area contributed by atoms with E-state index in [0.717, 1.165) is 12.5 Å². The third kappa shape index (κ3) is 3.61. The smallest absolute Gasteiger partial charge is 0.0764 e. The first kappa shape index (κ1) is 14.1. The van der Waals surface area contributed by atoms with Crippen LogP contribution in [0.1, 0.15) is 50.3 Å². The molecule has 0 unspecified atom stereocenters. The molecular weight excluding hydrogens is 248 g/mol. The fourth-order valence-electron chi connectivity index (χ4n) is 3.68. The summed E-state index contributed by atoms with van der Waals surface area (Å²) in [6.07, 6.45) is 10.2. The van der Waals surface area contributed by atoms with Crippen LogP contribution in [-0.4, -0.2) is 41.4 Å². The zero-order chi connectivity index (χ0) is 13.8. The van der Waals surface area contributed by atoms with Crippen molar-refractivity contribution >= 4 is 0 Å². The summed E-state index contributed by atoms with van der Waals surface area (Å²) >= 11 is 0. The van der Waals surface area contributed by atoms with Crippen LogP contribution >= 0.6 is 0 Å². The van der Waals surface area contributed by atoms with Gasteiger partial charge < -0.3 is 10.2 Å². The van der Waals surface area contributed by atoms with Gasteiger partial charge in [-0.05, 0) is 57.8 Å². The lowest BCUT2D eigenvalue weighted by atomic mass is 9.98. The Morgan fingerprint density at radius 2 is 2.00 bits per heavy atom. The van der Waals surface area contributed by atoms with Crippen LogP contribution in [-0.2, 0) is 6.54 Å². The molecule has 0 bridgehead atoms. The minimum atomic E-state index is 0.665. The van der Waals surface area contributed by atoms with E-state index in [9.17, 15) is 0 Å². The fourth-order valence-corrected chi connectivity index (χ4v) is 3.68. The van der Waals surface area contributed by atoms with Crippen molar-refractivity contribution in [3.05, 3.63) is 18.0 Å². The molecule has 1 saturated heterocycles. The molecule has 0 aromatic carbocycles. The molecule has 20 heavy (non-hydrogen) atoms. The Bertz CT molecular complexity index is 402. The number of hydrogen-bond donors (Lipinski definition) is 1. The van der Waals surface area contributed by atoms with Crippen molar-refractivity contribution in [2.75, 3.05) is 26.7 Å². The Labute approximate surface area is 122 Å². The summed E-state index contributed by atoms with van der Waals surface area (Å²) in [4.78, 5) is 2.44. The maximum absolute atomic E-state index is 4.79. The Morgan fingerprint density at radius 3 is 2.75 bits per heavy atom. The Balaban J connectivity index is 1.49. The van der Waals surface area contributed by atoms with Crippen LogP contribution in [0.15, 0.2) is 12.3 Å². The lowest BCUT2D eigenvalue weighted by Gasteiger charge is -2.27. The Hall–Kier alpha value is -0.870. The van der Waals surface area contributed by atoms with Crippen LogP contribution in [0.5, 0.6) is 0 Å². The quantitative estimate of drug-likeness (QED) is 0.896. The zero-order valence-corrected chi connectivity index (χ0v) is 12.7. The van der Waals surface area contributed by atoms with Crippen molar-refractivity contribution in [2.45, 2.75) is 51.1 Å². The third-order valence-electron chi connectivity index (χ3n) is 4.82. The molecule has 2 fully saturated rings. The van der Waals surface area contributed by atoms with Crippen molar-refractivity contribution in [1.82, 2.24) is 20.0 Å². The summed E-state index contributed by atoms with van der Waals surface area (Å²) in [5, 5.41) is 8.23. The van der Waals surface area contributed by atoms with Crippen molar-refractivity contribution in [1.29, 1.82) is 0 Å². The summed E-state index contributed by atoms with van der Waals surface area (Å²) in [6, 6.07) is 2.87. The van der Waals surface area contributed by atoms with E-state index in [1.54, 1.807) is 0 Å². The van der Waals surface area contributed by atoms with E-state index < -0.39 is 0 Å². The van der Waals surface area contributed by atoms with Crippen LogP contribution in [0.3, 0.4) is 0 Å². The second-order valence-corrected chi connectivity index (χ2v) is 6.62. The Kier molecular flexibility index (Phi) is 4.73. The van der Waals surface area contributed by atoms with Crippen LogP contribution in [0, 0.1) is 5.92 Å². The van der Waals surface area contributed by atoms with E-state index in [1.807, 2.05) is 0 Å². The van der Waals surface area contributed by atoms with Gasteiger partial charge in [0.25, 0.3) is 0 Å². The van der Waals surface area contributed by atoms with Gasteiger partial charge in [-0.2, -0.15) is 5.10 Å². The van der Waals surface area contributed by atoms with Crippen LogP contribution in [0.25, 0.3) is 0 Å². The topological polar surface area (TPSA) is 33.1 Å². The monoisotopic (exact) mass is 276 g/mol. The third-order valence-corrected chi connectivity index (χ3v) is 4.82. The molecule has 1 aromatic heterocycles. The molecule has 1 aromatic rings. The average Bonchev–Trinajstić information content (AvgIpc) is 3.10. The first-order valence-electron chi connectivity index (χ1n) is 8.24. The van der Waals surface area contributed by atoms with Crippen LogP contribution in [0.2, 0.25) is 0 Å². The number of aromatic nitrogens is 2. The Morgan fingerprint density at radius 1 is 1.25 bits per heavy atom. The first-order chi connectivity index (χ1) is 9.81. The highest BCUT2D eigenvalue weighted by Crippen LogP contribution is 2.28. The van der Waals surface area contributed by atoms with Gasteiger partial charge in [-0.1, -0.05) is 12.8 Å². The number of rotatable bonds is 5. The minimum absolute atomic E-state index is 0.665. The first-order valence-corrected chi connectivity index (χ1v) is 8.24. The summed E-state index contributed by atoms with van der Waals surface area (Å²) in [5.41, 5.74) is 1.23. The number of piperidine rings is 1. The van der Waals surface area contributed by atoms with E-state index in [-0.39, 0.29) is 0 Å². The maximum atomic E-state index is 4.79. The molecule has 0 radical (unpaired) electrons. The van der Waals surface area contributed by atoms with E-state index in [4.69, 9.17) is 5.10 Å². The molecule has 1 saturated carbocycles. The fraction of sp³-hybridized carbons (Fsp3) is 0.812. The second-order valence-electron chi connectivity index (χ2n) is 6.62. The molecule has 3 rings (SSSR count). The second kappa shape index (κ2) is 6.72. The van der Waals surface area contributed by atoms with Gasteiger partial charge in [-0.25, -0.2) is 0 Å². The highest BCUT2D eigenvalue weighted by atomic mass is 15.3. The lowest BCUT2D eigenvalue weighted by Crippen LogP contribution is -2.34. The van der Waals surface area contributed by atoms with Gasteiger partial charge in [0.2, 0.25) is 0 Å². The number of hydrogen-bond acceptors (Lipinski definition) is 3.